The summed E-state index contributed by atoms with van der Waals surface area (Å²) in [6.07, 6.45) is 1.51. The Balaban J connectivity index is 1.50. The van der Waals surface area contributed by atoms with Crippen molar-refractivity contribution in [3.63, 3.8) is 0 Å². The summed E-state index contributed by atoms with van der Waals surface area (Å²) in [5, 5.41) is 11.1. The van der Waals surface area contributed by atoms with E-state index < -0.39 is 5.91 Å². The lowest BCUT2D eigenvalue weighted by molar-refractivity contribution is 0.101. The monoisotopic (exact) mass is 428 g/mol. The van der Waals surface area contributed by atoms with Crippen molar-refractivity contribution in [2.75, 3.05) is 5.32 Å². The Morgan fingerprint density at radius 2 is 1.91 bits per heavy atom. The number of carbonyl (C=O) groups excluding carboxylic acids is 1. The van der Waals surface area contributed by atoms with Crippen molar-refractivity contribution in [1.29, 1.82) is 0 Å². The number of benzene rings is 1. The number of H-pyrrole nitrogens is 1. The van der Waals surface area contributed by atoms with Gasteiger partial charge in [-0.3, -0.25) is 14.6 Å². The zero-order valence-electron chi connectivity index (χ0n) is 16.8. The largest absolute Gasteiger partial charge is 0.463 e. The Kier molecular flexibility index (Phi) is 4.71. The van der Waals surface area contributed by atoms with Crippen LogP contribution in [-0.2, 0) is 0 Å². The molecule has 0 aliphatic carbocycles. The molecule has 5 rings (SSSR count). The van der Waals surface area contributed by atoms with Gasteiger partial charge in [0.25, 0.3) is 11.5 Å². The van der Waals surface area contributed by atoms with Crippen LogP contribution in [-0.4, -0.2) is 30.8 Å². The van der Waals surface area contributed by atoms with Gasteiger partial charge in [0.2, 0.25) is 5.95 Å². The minimum atomic E-state index is -0.516. The zero-order chi connectivity index (χ0) is 22.1. The van der Waals surface area contributed by atoms with Gasteiger partial charge in [0, 0.05) is 29.5 Å². The van der Waals surface area contributed by atoms with Crippen LogP contribution in [0.2, 0.25) is 0 Å². The molecule has 4 aromatic heterocycles. The molecule has 0 aliphatic heterocycles. The number of aryl methyl sites for hydroxylation is 1. The van der Waals surface area contributed by atoms with E-state index in [0.717, 1.165) is 5.56 Å². The van der Waals surface area contributed by atoms with E-state index in [2.05, 4.69) is 25.5 Å². The molecule has 0 bridgehead atoms. The Hall–Kier alpha value is -4.73. The van der Waals surface area contributed by atoms with E-state index in [1.165, 1.54) is 17.0 Å². The predicted octanol–water partition coefficient (Wildman–Crippen LogP) is 3.43. The van der Waals surface area contributed by atoms with Gasteiger partial charge < -0.3 is 14.3 Å². The molecule has 32 heavy (non-hydrogen) atoms. The molecule has 10 heteroatoms. The van der Waals surface area contributed by atoms with Crippen LogP contribution in [0, 0.1) is 6.92 Å². The molecule has 1 amide bonds. The lowest BCUT2D eigenvalue weighted by Crippen LogP contribution is -2.19. The van der Waals surface area contributed by atoms with Crippen LogP contribution in [0.1, 0.15) is 16.2 Å². The maximum atomic E-state index is 12.9. The van der Waals surface area contributed by atoms with Gasteiger partial charge in [-0.2, -0.15) is 9.78 Å². The molecule has 5 aromatic rings. The van der Waals surface area contributed by atoms with Crippen molar-refractivity contribution in [2.45, 2.75) is 6.92 Å². The van der Waals surface area contributed by atoms with E-state index in [4.69, 9.17) is 8.94 Å². The summed E-state index contributed by atoms with van der Waals surface area (Å²) in [5.74, 6) is 0.845. The highest BCUT2D eigenvalue weighted by molar-refractivity contribution is 6.03. The first kappa shape index (κ1) is 19.2. The van der Waals surface area contributed by atoms with Gasteiger partial charge in [-0.05, 0) is 19.1 Å². The number of anilines is 1. The summed E-state index contributed by atoms with van der Waals surface area (Å²) >= 11 is 0. The molecule has 0 aliphatic rings. The number of aromatic amines is 1. The van der Waals surface area contributed by atoms with E-state index in [1.807, 2.05) is 30.3 Å². The van der Waals surface area contributed by atoms with Crippen LogP contribution in [0.15, 0.2) is 80.7 Å². The van der Waals surface area contributed by atoms with Gasteiger partial charge in [-0.15, -0.1) is 0 Å². The predicted molar refractivity (Wildman–Crippen MR) is 114 cm³/mol. The van der Waals surface area contributed by atoms with E-state index in [0.29, 0.717) is 22.9 Å². The van der Waals surface area contributed by atoms with Crippen molar-refractivity contribution < 1.29 is 13.7 Å². The Morgan fingerprint density at radius 1 is 1.06 bits per heavy atom. The molecule has 10 nitrogen and oxygen atoms in total. The number of carbonyl (C=O) groups is 1. The summed E-state index contributed by atoms with van der Waals surface area (Å²) in [6.45, 7) is 1.69. The first-order valence-electron chi connectivity index (χ1n) is 9.62. The van der Waals surface area contributed by atoms with Gasteiger partial charge in [0.15, 0.2) is 17.2 Å². The molecule has 0 radical (unpaired) electrons. The van der Waals surface area contributed by atoms with E-state index >= 15 is 0 Å². The highest BCUT2D eigenvalue weighted by Gasteiger charge is 2.20. The average molecular weight is 428 g/mol. The van der Waals surface area contributed by atoms with Gasteiger partial charge >= 0.3 is 0 Å². The SMILES string of the molecule is Cc1cc(=O)[nH]c(-n2nc(-c3ccco3)cc2NC(=O)c2cc(-c3ccccc3)on2)n1. The van der Waals surface area contributed by atoms with Crippen molar-refractivity contribution in [1.82, 2.24) is 24.9 Å². The summed E-state index contributed by atoms with van der Waals surface area (Å²) in [7, 11) is 0. The third kappa shape index (κ3) is 3.72. The number of nitrogens with zero attached hydrogens (tertiary/aromatic N) is 4. The molecular weight excluding hydrogens is 412 g/mol. The molecule has 0 spiro atoms. The number of hydrogen-bond acceptors (Lipinski definition) is 7. The second kappa shape index (κ2) is 7.84. The van der Waals surface area contributed by atoms with Crippen LogP contribution < -0.4 is 10.9 Å². The third-order valence-corrected chi connectivity index (χ3v) is 4.58. The number of furan rings is 1. The quantitative estimate of drug-likeness (QED) is 0.438. The van der Waals surface area contributed by atoms with Crippen LogP contribution in [0.25, 0.3) is 28.7 Å². The highest BCUT2D eigenvalue weighted by atomic mass is 16.5. The fraction of sp³-hybridized carbons (Fsp3) is 0.0455. The van der Waals surface area contributed by atoms with Crippen molar-refractivity contribution >= 4 is 11.7 Å². The molecule has 0 atom stereocenters. The topological polar surface area (TPSA) is 132 Å². The first-order valence-corrected chi connectivity index (χ1v) is 9.62. The van der Waals surface area contributed by atoms with Crippen molar-refractivity contribution in [3.05, 3.63) is 88.7 Å². The Bertz CT molecular complexity index is 1450. The number of aromatic nitrogens is 5. The third-order valence-electron chi connectivity index (χ3n) is 4.58. The van der Waals surface area contributed by atoms with Crippen LogP contribution >= 0.6 is 0 Å². The van der Waals surface area contributed by atoms with Crippen molar-refractivity contribution in [3.8, 4) is 28.7 Å². The standard InChI is InChI=1S/C22H16N6O4/c1-13-10-20(29)25-22(23-13)28-19(12-15(26-28)17-8-5-9-31-17)24-21(30)16-11-18(32-27-16)14-6-3-2-4-7-14/h2-12H,1H3,(H,24,30)(H,23,25,29). The molecule has 0 saturated carbocycles. The molecule has 2 N–H and O–H groups in total. The van der Waals surface area contributed by atoms with Gasteiger partial charge in [-0.1, -0.05) is 35.5 Å². The van der Waals surface area contributed by atoms with Crippen LogP contribution in [0.5, 0.6) is 0 Å². The summed E-state index contributed by atoms with van der Waals surface area (Å²) in [4.78, 5) is 31.8. The molecular formula is C22H16N6O4. The molecule has 0 saturated heterocycles. The molecule has 4 heterocycles. The Labute approximate surface area is 180 Å². The number of amides is 1. The zero-order valence-corrected chi connectivity index (χ0v) is 16.8. The fourth-order valence-corrected chi connectivity index (χ4v) is 3.14. The Morgan fingerprint density at radius 3 is 2.66 bits per heavy atom. The van der Waals surface area contributed by atoms with Gasteiger partial charge in [0.1, 0.15) is 11.5 Å². The average Bonchev–Trinajstić information content (AvgIpc) is 3.54. The minimum absolute atomic E-state index is 0.0850. The number of nitrogens with one attached hydrogen (secondary N) is 2. The molecule has 0 unspecified atom stereocenters. The maximum absolute atomic E-state index is 12.9. The molecule has 1 aromatic carbocycles. The lowest BCUT2D eigenvalue weighted by Gasteiger charge is -2.07. The van der Waals surface area contributed by atoms with Gasteiger partial charge in [-0.25, -0.2) is 4.98 Å². The minimum Gasteiger partial charge on any atom is -0.463 e. The highest BCUT2D eigenvalue weighted by Crippen LogP contribution is 2.25. The summed E-state index contributed by atoms with van der Waals surface area (Å²) in [6, 6.07) is 17.3. The lowest BCUT2D eigenvalue weighted by atomic mass is 10.1. The smallest absolute Gasteiger partial charge is 0.279 e. The maximum Gasteiger partial charge on any atom is 0.279 e. The second-order valence-electron chi connectivity index (χ2n) is 6.91. The van der Waals surface area contributed by atoms with Crippen LogP contribution in [0.4, 0.5) is 5.82 Å². The molecule has 0 fully saturated rings. The first-order chi connectivity index (χ1) is 15.6. The second-order valence-corrected chi connectivity index (χ2v) is 6.91. The van der Waals surface area contributed by atoms with E-state index in [-0.39, 0.29) is 23.0 Å². The van der Waals surface area contributed by atoms with Gasteiger partial charge in [0.05, 0.1) is 6.26 Å². The molecule has 158 valence electrons. The van der Waals surface area contributed by atoms with E-state index in [1.54, 1.807) is 31.2 Å². The number of rotatable bonds is 5. The van der Waals surface area contributed by atoms with Crippen LogP contribution in [0.3, 0.4) is 0 Å². The summed E-state index contributed by atoms with van der Waals surface area (Å²) in [5.41, 5.74) is 1.48. The number of hydrogen-bond donors (Lipinski definition) is 2. The van der Waals surface area contributed by atoms with E-state index in [9.17, 15) is 9.59 Å². The van der Waals surface area contributed by atoms with Crippen molar-refractivity contribution in [2.24, 2.45) is 0 Å². The fourth-order valence-electron chi connectivity index (χ4n) is 3.14. The summed E-state index contributed by atoms with van der Waals surface area (Å²) < 4.78 is 12.0. The normalized spacial score (nSPS) is 10.9.